The molecule has 23 heavy (non-hydrogen) atoms. The predicted molar refractivity (Wildman–Crippen MR) is 87.5 cm³/mol. The monoisotopic (exact) mass is 307 g/mol. The summed E-state index contributed by atoms with van der Waals surface area (Å²) in [6.45, 7) is 2.13. The summed E-state index contributed by atoms with van der Waals surface area (Å²) in [5, 5.41) is 7.28. The number of rotatable bonds is 2. The van der Waals surface area contributed by atoms with E-state index in [0.29, 0.717) is 24.1 Å². The van der Waals surface area contributed by atoms with E-state index in [2.05, 4.69) is 30.3 Å². The van der Waals surface area contributed by atoms with Crippen molar-refractivity contribution in [3.63, 3.8) is 0 Å². The van der Waals surface area contributed by atoms with Gasteiger partial charge >= 0.3 is 0 Å². The summed E-state index contributed by atoms with van der Waals surface area (Å²) < 4.78 is 5.45. The molecule has 0 saturated heterocycles. The van der Waals surface area contributed by atoms with E-state index in [1.54, 1.807) is 0 Å². The van der Waals surface area contributed by atoms with Crippen molar-refractivity contribution in [2.75, 3.05) is 0 Å². The maximum Gasteiger partial charge on any atom is 0.167 e. The van der Waals surface area contributed by atoms with Crippen LogP contribution in [0.1, 0.15) is 43.4 Å². The van der Waals surface area contributed by atoms with Crippen molar-refractivity contribution in [1.82, 2.24) is 5.16 Å². The first-order chi connectivity index (χ1) is 11.2. The molecule has 4 nitrogen and oxygen atoms in total. The predicted octanol–water partition coefficient (Wildman–Crippen LogP) is 3.95. The Morgan fingerprint density at radius 2 is 2.09 bits per heavy atom. The molecule has 1 saturated carbocycles. The summed E-state index contributed by atoms with van der Waals surface area (Å²) in [4.78, 5) is 23.8. The van der Waals surface area contributed by atoms with E-state index in [4.69, 9.17) is 4.52 Å². The first kappa shape index (κ1) is 14.1. The molecular formula is C19H17NO3. The molecule has 0 aliphatic heterocycles. The smallest absolute Gasteiger partial charge is 0.167 e. The molecule has 4 heteroatoms. The van der Waals surface area contributed by atoms with Crippen molar-refractivity contribution in [3.8, 4) is 0 Å². The zero-order chi connectivity index (χ0) is 16.0. The van der Waals surface area contributed by atoms with E-state index in [-0.39, 0.29) is 23.9 Å². The Kier molecular flexibility index (Phi) is 3.26. The molecule has 1 heterocycles. The summed E-state index contributed by atoms with van der Waals surface area (Å²) in [6.07, 6.45) is 1.97. The maximum absolute atomic E-state index is 12.3. The minimum absolute atomic E-state index is 0.0176. The van der Waals surface area contributed by atoms with Crippen LogP contribution >= 0.6 is 0 Å². The van der Waals surface area contributed by atoms with Gasteiger partial charge in [-0.15, -0.1) is 0 Å². The highest BCUT2D eigenvalue weighted by Crippen LogP contribution is 2.36. The topological polar surface area (TPSA) is 60.2 Å². The number of aromatic nitrogens is 1. The van der Waals surface area contributed by atoms with E-state index >= 15 is 0 Å². The van der Waals surface area contributed by atoms with Crippen LogP contribution in [0.15, 0.2) is 34.9 Å². The average Bonchev–Trinajstić information content (AvgIpc) is 2.98. The number of benzene rings is 2. The van der Waals surface area contributed by atoms with Gasteiger partial charge in [0, 0.05) is 6.42 Å². The lowest BCUT2D eigenvalue weighted by molar-refractivity contribution is -0.130. The molecule has 0 amide bonds. The van der Waals surface area contributed by atoms with Crippen LogP contribution < -0.4 is 0 Å². The van der Waals surface area contributed by atoms with Crippen LogP contribution in [-0.2, 0) is 16.0 Å². The Balaban J connectivity index is 1.92. The molecule has 1 aliphatic rings. The second kappa shape index (κ2) is 5.30. The quantitative estimate of drug-likeness (QED) is 0.673. The number of carbonyl (C=O) groups is 2. The zero-order valence-electron chi connectivity index (χ0n) is 13.0. The molecule has 2 aromatic carbocycles. The zero-order valence-corrected chi connectivity index (χ0v) is 13.0. The summed E-state index contributed by atoms with van der Waals surface area (Å²) in [7, 11) is 0. The van der Waals surface area contributed by atoms with E-state index in [1.165, 1.54) is 5.56 Å². The molecule has 0 N–H and O–H groups in total. The molecule has 0 spiro atoms. The van der Waals surface area contributed by atoms with Gasteiger partial charge in [0.2, 0.25) is 0 Å². The fraction of sp³-hybridized carbons (Fsp3) is 0.316. The molecule has 4 rings (SSSR count). The summed E-state index contributed by atoms with van der Waals surface area (Å²) >= 11 is 0. The van der Waals surface area contributed by atoms with Crippen LogP contribution in [0.4, 0.5) is 0 Å². The van der Waals surface area contributed by atoms with Crippen molar-refractivity contribution in [3.05, 3.63) is 41.6 Å². The number of nitrogens with zero attached hydrogens (tertiary/aromatic N) is 1. The second-order valence-electron chi connectivity index (χ2n) is 6.19. The number of Topliss-reactive ketones (excluding diaryl/α,β-unsaturated/α-hetero) is 2. The van der Waals surface area contributed by atoms with Gasteiger partial charge in [0.15, 0.2) is 5.58 Å². The molecule has 3 aromatic rings. The summed E-state index contributed by atoms with van der Waals surface area (Å²) in [6, 6.07) is 10.3. The van der Waals surface area contributed by atoms with Crippen molar-refractivity contribution in [1.29, 1.82) is 0 Å². The van der Waals surface area contributed by atoms with Gasteiger partial charge < -0.3 is 4.52 Å². The molecule has 1 aliphatic carbocycles. The Morgan fingerprint density at radius 3 is 2.87 bits per heavy atom. The van der Waals surface area contributed by atoms with Crippen LogP contribution in [0.2, 0.25) is 0 Å². The standard InChI is InChI=1S/C19H17NO3/c1-2-11-3-6-14-12(9-11)4-8-17-18(14)19(20-23-17)15-7-5-13(21)10-16(15)22/h3-4,6,8-9,15H,2,5,7,10H2,1H3/t15-/m1/s1. The second-order valence-corrected chi connectivity index (χ2v) is 6.19. The van der Waals surface area contributed by atoms with Crippen molar-refractivity contribution in [2.45, 2.75) is 38.5 Å². The maximum atomic E-state index is 12.3. The number of fused-ring (bicyclic) bond motifs is 3. The highest BCUT2D eigenvalue weighted by Gasteiger charge is 2.32. The van der Waals surface area contributed by atoms with Crippen LogP contribution in [0, 0.1) is 0 Å². The van der Waals surface area contributed by atoms with Gasteiger partial charge in [-0.2, -0.15) is 0 Å². The van der Waals surface area contributed by atoms with Gasteiger partial charge in [-0.3, -0.25) is 9.59 Å². The number of aryl methyl sites for hydroxylation is 1. The minimum atomic E-state index is -0.328. The van der Waals surface area contributed by atoms with Crippen molar-refractivity contribution >= 4 is 33.3 Å². The highest BCUT2D eigenvalue weighted by atomic mass is 16.5. The lowest BCUT2D eigenvalue weighted by Crippen LogP contribution is -2.23. The van der Waals surface area contributed by atoms with Gasteiger partial charge in [0.05, 0.1) is 17.7 Å². The Labute approximate surface area is 133 Å². The normalized spacial score (nSPS) is 18.9. The van der Waals surface area contributed by atoms with Gasteiger partial charge in [-0.25, -0.2) is 0 Å². The van der Waals surface area contributed by atoms with Gasteiger partial charge in [0.1, 0.15) is 17.3 Å². The lowest BCUT2D eigenvalue weighted by Gasteiger charge is -2.18. The third-order valence-corrected chi connectivity index (χ3v) is 4.75. The summed E-state index contributed by atoms with van der Waals surface area (Å²) in [5.41, 5.74) is 2.66. The van der Waals surface area contributed by atoms with Crippen LogP contribution in [0.5, 0.6) is 0 Å². The average molecular weight is 307 g/mol. The number of hydrogen-bond donors (Lipinski definition) is 0. The van der Waals surface area contributed by atoms with Crippen LogP contribution in [0.25, 0.3) is 21.7 Å². The largest absolute Gasteiger partial charge is 0.356 e. The molecule has 0 radical (unpaired) electrons. The van der Waals surface area contributed by atoms with Gasteiger partial charge in [0.25, 0.3) is 0 Å². The molecular weight excluding hydrogens is 290 g/mol. The van der Waals surface area contributed by atoms with Gasteiger partial charge in [-0.05, 0) is 35.2 Å². The van der Waals surface area contributed by atoms with E-state index in [0.717, 1.165) is 22.6 Å². The molecule has 0 bridgehead atoms. The molecule has 116 valence electrons. The van der Waals surface area contributed by atoms with Crippen molar-refractivity contribution < 1.29 is 14.1 Å². The highest BCUT2D eigenvalue weighted by molar-refractivity contribution is 6.11. The molecule has 1 atom stereocenters. The van der Waals surface area contributed by atoms with Gasteiger partial charge in [-0.1, -0.05) is 36.3 Å². The van der Waals surface area contributed by atoms with Crippen molar-refractivity contribution in [2.24, 2.45) is 0 Å². The molecule has 0 unspecified atom stereocenters. The van der Waals surface area contributed by atoms with E-state index < -0.39 is 0 Å². The fourth-order valence-electron chi connectivity index (χ4n) is 3.46. The minimum Gasteiger partial charge on any atom is -0.356 e. The number of carbonyl (C=O) groups excluding carboxylic acids is 2. The molecule has 1 fully saturated rings. The third-order valence-electron chi connectivity index (χ3n) is 4.75. The Morgan fingerprint density at radius 1 is 1.22 bits per heavy atom. The lowest BCUT2D eigenvalue weighted by atomic mass is 9.83. The Hall–Kier alpha value is -2.49. The van der Waals surface area contributed by atoms with Crippen LogP contribution in [0.3, 0.4) is 0 Å². The fourth-order valence-corrected chi connectivity index (χ4v) is 3.46. The van der Waals surface area contributed by atoms with Crippen LogP contribution in [-0.4, -0.2) is 16.7 Å². The number of ketones is 2. The SMILES string of the molecule is CCc1ccc2c(ccc3onc([C@@H]4CCC(=O)CC4=O)c32)c1. The third kappa shape index (κ3) is 2.25. The Bertz CT molecular complexity index is 938. The number of hydrogen-bond acceptors (Lipinski definition) is 4. The summed E-state index contributed by atoms with van der Waals surface area (Å²) in [5.74, 6) is -0.347. The first-order valence-corrected chi connectivity index (χ1v) is 8.02. The first-order valence-electron chi connectivity index (χ1n) is 8.02. The molecule has 1 aromatic heterocycles. The van der Waals surface area contributed by atoms with E-state index in [1.807, 2.05) is 12.1 Å². The van der Waals surface area contributed by atoms with E-state index in [9.17, 15) is 9.59 Å².